The number of fused-ring (bicyclic) bond motifs is 1. The van der Waals surface area contributed by atoms with Gasteiger partial charge in [0, 0.05) is 36.6 Å². The smallest absolute Gasteiger partial charge is 0.337 e. The lowest BCUT2D eigenvalue weighted by molar-refractivity contribution is 0.0697. The van der Waals surface area contributed by atoms with Crippen LogP contribution in [-0.4, -0.2) is 33.6 Å². The summed E-state index contributed by atoms with van der Waals surface area (Å²) in [4.78, 5) is 31.2. The topological polar surface area (TPSA) is 86.9 Å². The van der Waals surface area contributed by atoms with Gasteiger partial charge in [-0.2, -0.15) is 0 Å². The first-order valence-corrected chi connectivity index (χ1v) is 10.5. The molecule has 31 heavy (non-hydrogen) atoms. The van der Waals surface area contributed by atoms with Crippen molar-refractivity contribution in [3.63, 3.8) is 0 Å². The van der Waals surface area contributed by atoms with Crippen LogP contribution < -0.4 is 15.8 Å². The lowest BCUT2D eigenvalue weighted by atomic mass is 10.1. The maximum Gasteiger partial charge on any atom is 0.337 e. The van der Waals surface area contributed by atoms with Crippen LogP contribution in [0.3, 0.4) is 0 Å². The number of pyridine rings is 1. The number of halogens is 2. The van der Waals surface area contributed by atoms with Crippen molar-refractivity contribution in [3.05, 3.63) is 68.8 Å². The number of hydrogen-bond acceptors (Lipinski definition) is 5. The van der Waals surface area contributed by atoms with Crippen molar-refractivity contribution in [2.45, 2.75) is 32.2 Å². The predicted octanol–water partition coefficient (Wildman–Crippen LogP) is 4.35. The van der Waals surface area contributed by atoms with Gasteiger partial charge in [0.2, 0.25) is 0 Å². The minimum absolute atomic E-state index is 0.183. The lowest BCUT2D eigenvalue weighted by Crippen LogP contribution is -2.32. The molecule has 1 aliphatic rings. The minimum atomic E-state index is -1.24. The van der Waals surface area contributed by atoms with E-state index >= 15 is 0 Å². The Morgan fingerprint density at radius 2 is 1.97 bits per heavy atom. The number of nitrogens with one attached hydrogen (secondary N) is 1. The summed E-state index contributed by atoms with van der Waals surface area (Å²) in [5.41, 5.74) is 0.904. The third kappa shape index (κ3) is 4.34. The van der Waals surface area contributed by atoms with Gasteiger partial charge in [-0.05, 0) is 50.5 Å². The quantitative estimate of drug-likeness (QED) is 0.608. The summed E-state index contributed by atoms with van der Waals surface area (Å²) in [6.07, 6.45) is 4.78. The maximum absolute atomic E-state index is 13.5. The van der Waals surface area contributed by atoms with Gasteiger partial charge in [0.15, 0.2) is 0 Å². The molecule has 1 aromatic carbocycles. The molecule has 4 rings (SSSR count). The molecular formula is C22H22ClFN4O3. The van der Waals surface area contributed by atoms with Crippen LogP contribution >= 0.6 is 11.6 Å². The van der Waals surface area contributed by atoms with E-state index in [1.807, 2.05) is 0 Å². The van der Waals surface area contributed by atoms with Crippen LogP contribution in [0.2, 0.25) is 5.02 Å². The molecule has 1 aliphatic heterocycles. The van der Waals surface area contributed by atoms with E-state index in [0.717, 1.165) is 38.4 Å². The number of aromatic carboxylic acids is 1. The molecule has 0 spiro atoms. The summed E-state index contributed by atoms with van der Waals surface area (Å²) in [6, 6.07) is 6.28. The second kappa shape index (κ2) is 8.55. The highest BCUT2D eigenvalue weighted by atomic mass is 35.5. The molecular weight excluding hydrogens is 423 g/mol. The van der Waals surface area contributed by atoms with Gasteiger partial charge in [-0.25, -0.2) is 14.2 Å². The van der Waals surface area contributed by atoms with Gasteiger partial charge in [-0.3, -0.25) is 9.20 Å². The summed E-state index contributed by atoms with van der Waals surface area (Å²) in [5.74, 6) is -1.26. The van der Waals surface area contributed by atoms with Crippen molar-refractivity contribution in [3.8, 4) is 0 Å². The van der Waals surface area contributed by atoms with E-state index in [2.05, 4.69) is 10.2 Å². The third-order valence-corrected chi connectivity index (χ3v) is 5.68. The average molecular weight is 445 g/mol. The molecule has 3 aromatic rings. The third-order valence-electron chi connectivity index (χ3n) is 5.47. The number of nitrogens with zero attached hydrogens (tertiary/aromatic N) is 3. The molecule has 0 unspecified atom stereocenters. The van der Waals surface area contributed by atoms with Crippen molar-refractivity contribution in [1.82, 2.24) is 9.38 Å². The van der Waals surface area contributed by atoms with Gasteiger partial charge in [-0.1, -0.05) is 11.6 Å². The highest BCUT2D eigenvalue weighted by Gasteiger charge is 2.20. The Balaban J connectivity index is 1.78. The van der Waals surface area contributed by atoms with E-state index in [4.69, 9.17) is 16.6 Å². The Morgan fingerprint density at radius 3 is 2.68 bits per heavy atom. The Labute approximate surface area is 183 Å². The number of aromatic nitrogens is 2. The zero-order chi connectivity index (χ0) is 22.1. The molecule has 7 nitrogen and oxygen atoms in total. The van der Waals surface area contributed by atoms with Gasteiger partial charge < -0.3 is 15.3 Å². The number of carboxylic acid groups (broad SMARTS) is 1. The van der Waals surface area contributed by atoms with Crippen molar-refractivity contribution in [1.29, 1.82) is 0 Å². The Bertz CT molecular complexity index is 1210. The number of piperidine rings is 1. The van der Waals surface area contributed by atoms with Crippen LogP contribution in [0.4, 0.5) is 15.9 Å². The number of hydrogen-bond donors (Lipinski definition) is 2. The zero-order valence-electron chi connectivity index (χ0n) is 16.9. The second-order valence-corrected chi connectivity index (χ2v) is 8.11. The molecule has 2 aromatic heterocycles. The van der Waals surface area contributed by atoms with Crippen LogP contribution in [-0.2, 0) is 0 Å². The fraction of sp³-hybridized carbons (Fsp3) is 0.318. The molecule has 1 saturated heterocycles. The molecule has 0 aliphatic carbocycles. The number of rotatable bonds is 5. The molecule has 1 fully saturated rings. The van der Waals surface area contributed by atoms with Gasteiger partial charge >= 0.3 is 5.97 Å². The second-order valence-electron chi connectivity index (χ2n) is 7.67. The van der Waals surface area contributed by atoms with Crippen molar-refractivity contribution >= 4 is 34.7 Å². The highest BCUT2D eigenvalue weighted by Crippen LogP contribution is 2.28. The predicted molar refractivity (Wildman–Crippen MR) is 118 cm³/mol. The van der Waals surface area contributed by atoms with E-state index < -0.39 is 17.8 Å². The Morgan fingerprint density at radius 1 is 1.23 bits per heavy atom. The standard InChI is InChI=1S/C22H22ClFN4O3/c1-13(25-18-6-5-15(24)10-17(18)22(30)31)16-9-14(23)12-28-20(29)11-19(26-21(16)28)27-7-3-2-4-8-27/h5-6,9-13,25H,2-4,7-8H2,1H3,(H,30,31)/t13-/m1/s1. The molecule has 9 heteroatoms. The monoisotopic (exact) mass is 444 g/mol. The van der Waals surface area contributed by atoms with E-state index in [0.29, 0.717) is 22.1 Å². The highest BCUT2D eigenvalue weighted by molar-refractivity contribution is 6.30. The molecule has 1 atom stereocenters. The molecule has 0 amide bonds. The largest absolute Gasteiger partial charge is 0.478 e. The molecule has 2 N–H and O–H groups in total. The Kier molecular flexibility index (Phi) is 5.82. The summed E-state index contributed by atoms with van der Waals surface area (Å²) >= 11 is 6.26. The summed E-state index contributed by atoms with van der Waals surface area (Å²) < 4.78 is 14.9. The fourth-order valence-corrected chi connectivity index (χ4v) is 4.13. The molecule has 162 valence electrons. The van der Waals surface area contributed by atoms with Crippen LogP contribution in [0.5, 0.6) is 0 Å². The zero-order valence-corrected chi connectivity index (χ0v) is 17.7. The van der Waals surface area contributed by atoms with Crippen LogP contribution in [0, 0.1) is 5.82 Å². The van der Waals surface area contributed by atoms with E-state index in [-0.39, 0.29) is 16.8 Å². The number of anilines is 2. The average Bonchev–Trinajstić information content (AvgIpc) is 2.75. The minimum Gasteiger partial charge on any atom is -0.478 e. The van der Waals surface area contributed by atoms with E-state index in [1.165, 1.54) is 28.8 Å². The summed E-state index contributed by atoms with van der Waals surface area (Å²) in [7, 11) is 0. The first kappa shape index (κ1) is 21.1. The van der Waals surface area contributed by atoms with Gasteiger partial charge in [0.05, 0.1) is 16.6 Å². The van der Waals surface area contributed by atoms with Gasteiger partial charge in [-0.15, -0.1) is 0 Å². The van der Waals surface area contributed by atoms with E-state index in [9.17, 15) is 19.1 Å². The molecule has 0 bridgehead atoms. The van der Waals surface area contributed by atoms with Crippen LogP contribution in [0.15, 0.2) is 41.3 Å². The van der Waals surface area contributed by atoms with Crippen LogP contribution in [0.1, 0.15) is 48.1 Å². The maximum atomic E-state index is 13.5. The number of benzene rings is 1. The summed E-state index contributed by atoms with van der Waals surface area (Å²) in [6.45, 7) is 3.49. The van der Waals surface area contributed by atoms with Crippen LogP contribution in [0.25, 0.3) is 5.65 Å². The normalized spacial score (nSPS) is 15.1. The number of carbonyl (C=O) groups is 1. The molecule has 0 radical (unpaired) electrons. The summed E-state index contributed by atoms with van der Waals surface area (Å²) in [5, 5.41) is 12.9. The van der Waals surface area contributed by atoms with Gasteiger partial charge in [0.1, 0.15) is 17.3 Å². The number of carboxylic acids is 1. The van der Waals surface area contributed by atoms with Crippen molar-refractivity contribution < 1.29 is 14.3 Å². The molecule has 0 saturated carbocycles. The SMILES string of the molecule is C[C@@H](Nc1ccc(F)cc1C(=O)O)c1cc(Cl)cn2c(=O)cc(N3CCCCC3)nc12. The first-order valence-electron chi connectivity index (χ1n) is 10.1. The Hall–Kier alpha value is -3.13. The molecule has 3 heterocycles. The fourth-order valence-electron chi connectivity index (χ4n) is 3.92. The van der Waals surface area contributed by atoms with Crippen molar-refractivity contribution in [2.75, 3.05) is 23.3 Å². The van der Waals surface area contributed by atoms with Gasteiger partial charge in [0.25, 0.3) is 5.56 Å². The van der Waals surface area contributed by atoms with Crippen molar-refractivity contribution in [2.24, 2.45) is 0 Å². The van der Waals surface area contributed by atoms with E-state index in [1.54, 1.807) is 13.0 Å². The first-order chi connectivity index (χ1) is 14.8. The lowest BCUT2D eigenvalue weighted by Gasteiger charge is -2.28.